The second kappa shape index (κ2) is 9.82. The van der Waals surface area contributed by atoms with Crippen molar-refractivity contribution >= 4 is 23.2 Å². The molecular weight excluding hydrogens is 418 g/mol. The van der Waals surface area contributed by atoms with E-state index in [1.54, 1.807) is 54.9 Å². The summed E-state index contributed by atoms with van der Waals surface area (Å²) in [5.74, 6) is 1.47. The second-order valence-corrected chi connectivity index (χ2v) is 7.01. The largest absolute Gasteiger partial charge is 0.424 e. The Kier molecular flexibility index (Phi) is 6.49. The molecule has 0 aliphatic rings. The molecule has 9 heteroatoms. The van der Waals surface area contributed by atoms with E-state index >= 15 is 0 Å². The summed E-state index contributed by atoms with van der Waals surface area (Å²) in [6.07, 6.45) is 4.63. The smallest absolute Gasteiger partial charge is 0.321 e. The second-order valence-electron chi connectivity index (χ2n) is 6.58. The molecule has 0 saturated heterocycles. The molecular formula is C22H18ClN5O3. The van der Waals surface area contributed by atoms with E-state index in [0.29, 0.717) is 47.4 Å². The predicted molar refractivity (Wildman–Crippen MR) is 115 cm³/mol. The van der Waals surface area contributed by atoms with Crippen LogP contribution in [0.5, 0.6) is 11.8 Å². The van der Waals surface area contributed by atoms with E-state index in [0.717, 1.165) is 5.56 Å². The number of aromatic nitrogens is 4. The number of nitrogens with one attached hydrogen (secondary N) is 1. The molecule has 0 radical (unpaired) electrons. The Labute approximate surface area is 183 Å². The average Bonchev–Trinajstić information content (AvgIpc) is 3.25. The Hall–Kier alpha value is -3.78. The fourth-order valence-corrected chi connectivity index (χ4v) is 2.87. The number of anilines is 1. The maximum absolute atomic E-state index is 12.2. The number of carbonyl (C=O) groups excluding carboxylic acids is 1. The van der Waals surface area contributed by atoms with Crippen LogP contribution in [0, 0.1) is 0 Å². The molecule has 1 amide bonds. The lowest BCUT2D eigenvalue weighted by Gasteiger charge is -2.06. The number of halogens is 1. The summed E-state index contributed by atoms with van der Waals surface area (Å²) in [5.41, 5.74) is 1.50. The summed E-state index contributed by atoms with van der Waals surface area (Å²) in [6.45, 7) is 0. The monoisotopic (exact) mass is 435 g/mol. The van der Waals surface area contributed by atoms with Gasteiger partial charge in [0.2, 0.25) is 17.6 Å². The Balaban J connectivity index is 1.23. The van der Waals surface area contributed by atoms with Gasteiger partial charge in [-0.2, -0.15) is 4.98 Å². The van der Waals surface area contributed by atoms with Crippen LogP contribution in [0.4, 0.5) is 5.69 Å². The number of rotatable bonds is 8. The normalized spacial score (nSPS) is 10.6. The van der Waals surface area contributed by atoms with E-state index < -0.39 is 0 Å². The molecule has 31 heavy (non-hydrogen) atoms. The minimum absolute atomic E-state index is 0.0995. The highest BCUT2D eigenvalue weighted by Crippen LogP contribution is 2.21. The van der Waals surface area contributed by atoms with Crippen LogP contribution < -0.4 is 10.1 Å². The molecule has 0 aliphatic heterocycles. The van der Waals surface area contributed by atoms with Crippen LogP contribution in [0.1, 0.15) is 18.7 Å². The minimum Gasteiger partial charge on any atom is -0.424 e. The van der Waals surface area contributed by atoms with Gasteiger partial charge in [0.1, 0.15) is 5.75 Å². The van der Waals surface area contributed by atoms with Crippen molar-refractivity contribution in [2.45, 2.75) is 19.3 Å². The molecule has 4 aromatic rings. The SMILES string of the molecule is O=C(CCCc1nc(-c2ccc(Cl)cc2)no1)Nc1ccc(Oc2ncccn2)cc1. The third kappa shape index (κ3) is 5.86. The number of amides is 1. The summed E-state index contributed by atoms with van der Waals surface area (Å²) in [4.78, 5) is 24.6. The van der Waals surface area contributed by atoms with Crippen LogP contribution in [-0.2, 0) is 11.2 Å². The summed E-state index contributed by atoms with van der Waals surface area (Å²) in [5, 5.41) is 7.46. The van der Waals surface area contributed by atoms with Gasteiger partial charge in [-0.25, -0.2) is 9.97 Å². The average molecular weight is 436 g/mol. The van der Waals surface area contributed by atoms with Crippen molar-refractivity contribution in [1.29, 1.82) is 0 Å². The van der Waals surface area contributed by atoms with E-state index in [4.69, 9.17) is 20.9 Å². The fourth-order valence-electron chi connectivity index (χ4n) is 2.75. The van der Waals surface area contributed by atoms with Gasteiger partial charge < -0.3 is 14.6 Å². The van der Waals surface area contributed by atoms with Gasteiger partial charge in [-0.15, -0.1) is 0 Å². The lowest BCUT2D eigenvalue weighted by molar-refractivity contribution is -0.116. The third-order valence-electron chi connectivity index (χ3n) is 4.25. The van der Waals surface area contributed by atoms with Crippen molar-refractivity contribution in [3.63, 3.8) is 0 Å². The number of hydrogen-bond donors (Lipinski definition) is 1. The number of hydrogen-bond acceptors (Lipinski definition) is 7. The van der Waals surface area contributed by atoms with E-state index in [1.807, 2.05) is 12.1 Å². The van der Waals surface area contributed by atoms with Crippen molar-refractivity contribution < 1.29 is 14.1 Å². The maximum Gasteiger partial charge on any atom is 0.321 e. The van der Waals surface area contributed by atoms with Gasteiger partial charge in [-0.3, -0.25) is 4.79 Å². The van der Waals surface area contributed by atoms with Crippen LogP contribution in [0.15, 0.2) is 71.5 Å². The summed E-state index contributed by atoms with van der Waals surface area (Å²) in [6, 6.07) is 16.2. The summed E-state index contributed by atoms with van der Waals surface area (Å²) >= 11 is 5.89. The van der Waals surface area contributed by atoms with Crippen molar-refractivity contribution in [3.05, 3.63) is 77.9 Å². The number of benzene rings is 2. The van der Waals surface area contributed by atoms with Crippen molar-refractivity contribution in [1.82, 2.24) is 20.1 Å². The molecule has 0 fully saturated rings. The van der Waals surface area contributed by atoms with E-state index in [2.05, 4.69) is 25.4 Å². The van der Waals surface area contributed by atoms with Crippen LogP contribution in [-0.4, -0.2) is 26.0 Å². The molecule has 0 atom stereocenters. The number of nitrogens with zero attached hydrogens (tertiary/aromatic N) is 4. The molecule has 0 unspecified atom stereocenters. The first-order valence-electron chi connectivity index (χ1n) is 9.59. The summed E-state index contributed by atoms with van der Waals surface area (Å²) in [7, 11) is 0. The molecule has 4 rings (SSSR count). The predicted octanol–water partition coefficient (Wildman–Crippen LogP) is 4.93. The van der Waals surface area contributed by atoms with Crippen LogP contribution in [0.25, 0.3) is 11.4 Å². The zero-order chi connectivity index (χ0) is 21.5. The number of ether oxygens (including phenoxy) is 1. The van der Waals surface area contributed by atoms with Crippen molar-refractivity contribution in [3.8, 4) is 23.1 Å². The molecule has 2 aromatic carbocycles. The van der Waals surface area contributed by atoms with Crippen molar-refractivity contribution in [2.75, 3.05) is 5.32 Å². The first-order chi connectivity index (χ1) is 15.2. The lowest BCUT2D eigenvalue weighted by Crippen LogP contribution is -2.11. The molecule has 0 spiro atoms. The fraction of sp³-hybridized carbons (Fsp3) is 0.136. The van der Waals surface area contributed by atoms with Gasteiger partial charge in [0, 0.05) is 41.5 Å². The highest BCUT2D eigenvalue weighted by atomic mass is 35.5. The quantitative estimate of drug-likeness (QED) is 0.418. The van der Waals surface area contributed by atoms with Gasteiger partial charge in [0.05, 0.1) is 0 Å². The minimum atomic E-state index is -0.0995. The summed E-state index contributed by atoms with van der Waals surface area (Å²) < 4.78 is 10.8. The molecule has 0 bridgehead atoms. The molecule has 2 aromatic heterocycles. The lowest BCUT2D eigenvalue weighted by atomic mass is 10.2. The zero-order valence-electron chi connectivity index (χ0n) is 16.4. The third-order valence-corrected chi connectivity index (χ3v) is 4.51. The zero-order valence-corrected chi connectivity index (χ0v) is 17.1. The van der Waals surface area contributed by atoms with E-state index in [-0.39, 0.29) is 11.9 Å². The van der Waals surface area contributed by atoms with E-state index in [9.17, 15) is 4.79 Å². The van der Waals surface area contributed by atoms with Gasteiger partial charge in [-0.1, -0.05) is 16.8 Å². The highest BCUT2D eigenvalue weighted by Gasteiger charge is 2.10. The number of carbonyl (C=O) groups is 1. The number of aryl methyl sites for hydroxylation is 1. The Bertz CT molecular complexity index is 1130. The topological polar surface area (TPSA) is 103 Å². The van der Waals surface area contributed by atoms with E-state index in [1.165, 1.54) is 0 Å². The highest BCUT2D eigenvalue weighted by molar-refractivity contribution is 6.30. The molecule has 156 valence electrons. The van der Waals surface area contributed by atoms with Crippen LogP contribution in [0.3, 0.4) is 0 Å². The molecule has 1 N–H and O–H groups in total. The molecule has 0 aliphatic carbocycles. The standard InChI is InChI=1S/C22H18ClN5O3/c23-16-7-5-15(6-8-16)21-27-20(31-28-21)4-1-3-19(29)26-17-9-11-18(12-10-17)30-22-24-13-2-14-25-22/h2,5-14H,1,3-4H2,(H,26,29). The first-order valence-corrected chi connectivity index (χ1v) is 9.97. The molecule has 2 heterocycles. The van der Waals surface area contributed by atoms with Gasteiger partial charge in [-0.05, 0) is 61.0 Å². The Morgan fingerprint density at radius 3 is 2.52 bits per heavy atom. The van der Waals surface area contributed by atoms with Gasteiger partial charge in [0.15, 0.2) is 0 Å². The van der Waals surface area contributed by atoms with Crippen molar-refractivity contribution in [2.24, 2.45) is 0 Å². The van der Waals surface area contributed by atoms with Crippen LogP contribution >= 0.6 is 11.6 Å². The molecule has 8 nitrogen and oxygen atoms in total. The molecule has 0 saturated carbocycles. The van der Waals surface area contributed by atoms with Crippen LogP contribution in [0.2, 0.25) is 5.02 Å². The first kappa shape index (κ1) is 20.5. The Morgan fingerprint density at radius 1 is 1.03 bits per heavy atom. The van der Waals surface area contributed by atoms with Gasteiger partial charge in [0.25, 0.3) is 0 Å². The Morgan fingerprint density at radius 2 is 1.77 bits per heavy atom. The maximum atomic E-state index is 12.2. The van der Waals surface area contributed by atoms with Gasteiger partial charge >= 0.3 is 6.01 Å².